The zero-order valence-corrected chi connectivity index (χ0v) is 7.45. The van der Waals surface area contributed by atoms with Crippen molar-refractivity contribution in [3.63, 3.8) is 0 Å². The molecule has 12 heavy (non-hydrogen) atoms. The molecule has 1 atom stereocenters. The smallest absolute Gasteiger partial charge is 0.248 e. The second-order valence-electron chi connectivity index (χ2n) is 3.18. The minimum atomic E-state index is 0.0488. The summed E-state index contributed by atoms with van der Waals surface area (Å²) in [4.78, 5) is 13.1. The predicted octanol–water partition coefficient (Wildman–Crippen LogP) is -0.417. The van der Waals surface area contributed by atoms with E-state index in [1.807, 2.05) is 0 Å². The van der Waals surface area contributed by atoms with Crippen LogP contribution in [0, 0.1) is 0 Å². The molecule has 0 bridgehead atoms. The highest BCUT2D eigenvalue weighted by atomic mass is 16.5. The molecule has 1 unspecified atom stereocenters. The molecule has 1 aliphatic rings. The number of nitrogens with two attached hydrogens (primary N) is 1. The maximum absolute atomic E-state index is 11.3. The Morgan fingerprint density at radius 1 is 1.75 bits per heavy atom. The van der Waals surface area contributed by atoms with Gasteiger partial charge in [-0.25, -0.2) is 0 Å². The number of carbonyl (C=O) groups excluding carboxylic acids is 1. The molecule has 0 aliphatic carbocycles. The number of methoxy groups -OCH3 is 1. The van der Waals surface area contributed by atoms with E-state index in [0.717, 1.165) is 19.4 Å². The summed E-state index contributed by atoms with van der Waals surface area (Å²) >= 11 is 0. The van der Waals surface area contributed by atoms with Gasteiger partial charge in [0.15, 0.2) is 0 Å². The summed E-state index contributed by atoms with van der Waals surface area (Å²) in [7, 11) is 1.53. The molecule has 0 aromatic carbocycles. The van der Waals surface area contributed by atoms with E-state index >= 15 is 0 Å². The number of amides is 1. The van der Waals surface area contributed by atoms with Gasteiger partial charge < -0.3 is 15.4 Å². The molecular formula is C8H16N2O2. The third-order valence-electron chi connectivity index (χ3n) is 2.08. The maximum atomic E-state index is 11.3. The predicted molar refractivity (Wildman–Crippen MR) is 45.7 cm³/mol. The van der Waals surface area contributed by atoms with Crippen molar-refractivity contribution in [2.45, 2.75) is 18.9 Å². The van der Waals surface area contributed by atoms with Crippen molar-refractivity contribution in [1.82, 2.24) is 4.90 Å². The molecule has 1 heterocycles. The highest BCUT2D eigenvalue weighted by molar-refractivity contribution is 5.77. The van der Waals surface area contributed by atoms with Crippen LogP contribution < -0.4 is 5.73 Å². The van der Waals surface area contributed by atoms with Crippen LogP contribution in [0.2, 0.25) is 0 Å². The highest BCUT2D eigenvalue weighted by Crippen LogP contribution is 2.07. The second-order valence-corrected chi connectivity index (χ2v) is 3.18. The first-order valence-electron chi connectivity index (χ1n) is 4.26. The molecule has 1 fully saturated rings. The molecule has 70 valence electrons. The summed E-state index contributed by atoms with van der Waals surface area (Å²) in [6, 6.07) is 0.152. The van der Waals surface area contributed by atoms with Gasteiger partial charge in [0.1, 0.15) is 6.61 Å². The van der Waals surface area contributed by atoms with E-state index < -0.39 is 0 Å². The summed E-state index contributed by atoms with van der Waals surface area (Å²) in [5, 5.41) is 0. The molecular weight excluding hydrogens is 156 g/mol. The van der Waals surface area contributed by atoms with Crippen molar-refractivity contribution in [2.24, 2.45) is 5.73 Å². The molecule has 1 amide bonds. The maximum Gasteiger partial charge on any atom is 0.248 e. The minimum absolute atomic E-state index is 0.0488. The van der Waals surface area contributed by atoms with Crippen LogP contribution in [0.4, 0.5) is 0 Å². The first kappa shape index (κ1) is 9.48. The topological polar surface area (TPSA) is 55.6 Å². The molecule has 0 spiro atoms. The molecule has 1 saturated heterocycles. The Kier molecular flexibility index (Phi) is 3.49. The second kappa shape index (κ2) is 4.42. The van der Waals surface area contributed by atoms with E-state index in [0.29, 0.717) is 6.54 Å². The van der Waals surface area contributed by atoms with E-state index in [-0.39, 0.29) is 18.6 Å². The van der Waals surface area contributed by atoms with E-state index in [1.165, 1.54) is 7.11 Å². The number of piperidine rings is 1. The lowest BCUT2D eigenvalue weighted by molar-refractivity contribution is -0.136. The lowest BCUT2D eigenvalue weighted by Crippen LogP contribution is -2.46. The lowest BCUT2D eigenvalue weighted by Gasteiger charge is -2.30. The Bertz CT molecular complexity index is 161. The molecule has 0 aromatic rings. The number of carbonyl (C=O) groups is 1. The average Bonchev–Trinajstić information content (AvgIpc) is 2.05. The van der Waals surface area contributed by atoms with Crippen molar-refractivity contribution < 1.29 is 9.53 Å². The summed E-state index contributed by atoms with van der Waals surface area (Å²) in [6.07, 6.45) is 2.04. The fraction of sp³-hybridized carbons (Fsp3) is 0.875. The number of likely N-dealkylation sites (tertiary alicyclic amines) is 1. The molecule has 0 radical (unpaired) electrons. The number of hydrogen-bond acceptors (Lipinski definition) is 3. The number of rotatable bonds is 2. The summed E-state index contributed by atoms with van der Waals surface area (Å²) < 4.78 is 4.76. The third-order valence-corrected chi connectivity index (χ3v) is 2.08. The summed E-state index contributed by atoms with van der Waals surface area (Å²) in [5.41, 5.74) is 5.72. The van der Waals surface area contributed by atoms with Crippen LogP contribution >= 0.6 is 0 Å². The zero-order chi connectivity index (χ0) is 8.97. The molecule has 4 heteroatoms. The Hall–Kier alpha value is -0.610. The lowest BCUT2D eigenvalue weighted by atomic mass is 10.1. The van der Waals surface area contributed by atoms with Crippen molar-refractivity contribution in [2.75, 3.05) is 26.8 Å². The Labute approximate surface area is 72.7 Å². The van der Waals surface area contributed by atoms with Crippen LogP contribution in [0.5, 0.6) is 0 Å². The van der Waals surface area contributed by atoms with Crippen LogP contribution in [-0.4, -0.2) is 43.7 Å². The first-order chi connectivity index (χ1) is 5.74. The van der Waals surface area contributed by atoms with Crippen LogP contribution in [-0.2, 0) is 9.53 Å². The van der Waals surface area contributed by atoms with E-state index in [1.54, 1.807) is 4.90 Å². The average molecular weight is 172 g/mol. The van der Waals surface area contributed by atoms with Gasteiger partial charge in [0.25, 0.3) is 0 Å². The number of hydrogen-bond donors (Lipinski definition) is 1. The largest absolute Gasteiger partial charge is 0.375 e. The van der Waals surface area contributed by atoms with Gasteiger partial charge in [0, 0.05) is 26.2 Å². The van der Waals surface area contributed by atoms with Crippen LogP contribution in [0.1, 0.15) is 12.8 Å². The molecule has 1 rings (SSSR count). The SMILES string of the molecule is COCC(=O)N1CCCC(N)C1. The first-order valence-corrected chi connectivity index (χ1v) is 4.26. The zero-order valence-electron chi connectivity index (χ0n) is 7.45. The van der Waals surface area contributed by atoms with Crippen molar-refractivity contribution >= 4 is 5.91 Å². The highest BCUT2D eigenvalue weighted by Gasteiger charge is 2.20. The Morgan fingerprint density at radius 3 is 3.08 bits per heavy atom. The quantitative estimate of drug-likeness (QED) is 0.615. The normalized spacial score (nSPS) is 24.2. The molecule has 0 saturated carbocycles. The van der Waals surface area contributed by atoms with Gasteiger partial charge in [-0.2, -0.15) is 0 Å². The van der Waals surface area contributed by atoms with Crippen LogP contribution in [0.3, 0.4) is 0 Å². The monoisotopic (exact) mass is 172 g/mol. The van der Waals surface area contributed by atoms with Crippen LogP contribution in [0.25, 0.3) is 0 Å². The van der Waals surface area contributed by atoms with E-state index in [4.69, 9.17) is 10.5 Å². The standard InChI is InChI=1S/C8H16N2O2/c1-12-6-8(11)10-4-2-3-7(9)5-10/h7H,2-6,9H2,1H3. The van der Waals surface area contributed by atoms with Crippen molar-refractivity contribution in [3.8, 4) is 0 Å². The summed E-state index contributed by atoms with van der Waals surface area (Å²) in [6.45, 7) is 1.69. The molecule has 0 aromatic heterocycles. The van der Waals surface area contributed by atoms with Gasteiger partial charge in [-0.3, -0.25) is 4.79 Å². The number of ether oxygens (including phenoxy) is 1. The third kappa shape index (κ3) is 2.46. The minimum Gasteiger partial charge on any atom is -0.375 e. The van der Waals surface area contributed by atoms with Crippen molar-refractivity contribution in [3.05, 3.63) is 0 Å². The molecule has 2 N–H and O–H groups in total. The van der Waals surface area contributed by atoms with E-state index in [9.17, 15) is 4.79 Å². The Balaban J connectivity index is 2.35. The van der Waals surface area contributed by atoms with Crippen LogP contribution in [0.15, 0.2) is 0 Å². The van der Waals surface area contributed by atoms with Gasteiger partial charge in [0.2, 0.25) is 5.91 Å². The summed E-state index contributed by atoms with van der Waals surface area (Å²) in [5.74, 6) is 0.0488. The van der Waals surface area contributed by atoms with Gasteiger partial charge in [-0.15, -0.1) is 0 Å². The van der Waals surface area contributed by atoms with Gasteiger partial charge in [-0.1, -0.05) is 0 Å². The fourth-order valence-corrected chi connectivity index (χ4v) is 1.45. The number of nitrogens with zero attached hydrogens (tertiary/aromatic N) is 1. The fourth-order valence-electron chi connectivity index (χ4n) is 1.45. The molecule has 1 aliphatic heterocycles. The van der Waals surface area contributed by atoms with Gasteiger partial charge in [0.05, 0.1) is 0 Å². The van der Waals surface area contributed by atoms with Gasteiger partial charge in [-0.05, 0) is 12.8 Å². The van der Waals surface area contributed by atoms with Gasteiger partial charge >= 0.3 is 0 Å². The van der Waals surface area contributed by atoms with Crippen molar-refractivity contribution in [1.29, 1.82) is 0 Å². The Morgan fingerprint density at radius 2 is 2.50 bits per heavy atom. The molecule has 4 nitrogen and oxygen atoms in total. The van der Waals surface area contributed by atoms with E-state index in [2.05, 4.69) is 0 Å².